The van der Waals surface area contributed by atoms with Crippen molar-refractivity contribution >= 4 is 27.7 Å². The zero-order valence-electron chi connectivity index (χ0n) is 27.9. The minimum atomic E-state index is -4.71. The van der Waals surface area contributed by atoms with E-state index < -0.39 is 12.1 Å². The van der Waals surface area contributed by atoms with Crippen molar-refractivity contribution in [3.63, 3.8) is 0 Å². The summed E-state index contributed by atoms with van der Waals surface area (Å²) in [5, 5.41) is 18.0. The number of alkyl halides is 3. The zero-order chi connectivity index (χ0) is 35.1. The fourth-order valence-electron chi connectivity index (χ4n) is 5.56. The summed E-state index contributed by atoms with van der Waals surface area (Å²) in [7, 11) is 0. The molecule has 0 saturated heterocycles. The van der Waals surface area contributed by atoms with Crippen LogP contribution in [0.3, 0.4) is 0 Å². The van der Waals surface area contributed by atoms with E-state index in [9.17, 15) is 23.1 Å². The first kappa shape index (κ1) is 38.1. The first-order valence-electron chi connectivity index (χ1n) is 16.2. The number of aromatic nitrogens is 4. The monoisotopic (exact) mass is 862 g/mol. The molecule has 0 saturated carbocycles. The second kappa shape index (κ2) is 16.8. The molecule has 0 bridgehead atoms. The van der Waals surface area contributed by atoms with Crippen molar-refractivity contribution in [2.24, 2.45) is 11.8 Å². The Bertz CT molecular complexity index is 2070. The molecule has 6 rings (SSSR count). The Labute approximate surface area is 301 Å². The average molecular weight is 862 g/mol. The summed E-state index contributed by atoms with van der Waals surface area (Å²) >= 11 is 0. The molecule has 3 aromatic heterocycles. The van der Waals surface area contributed by atoms with Gasteiger partial charge in [-0.15, -0.1) is 28.4 Å². The molecule has 3 heterocycles. The summed E-state index contributed by atoms with van der Waals surface area (Å²) in [6.07, 6.45) is 1.68. The van der Waals surface area contributed by atoms with Crippen LogP contribution in [0.4, 0.5) is 13.2 Å². The van der Waals surface area contributed by atoms with E-state index in [1.54, 1.807) is 24.3 Å². The molecule has 0 atom stereocenters. The number of aliphatic hydroxyl groups is 1. The molecule has 0 amide bonds. The quantitative estimate of drug-likeness (QED) is 0.0823. The van der Waals surface area contributed by atoms with Gasteiger partial charge in [-0.25, -0.2) is 4.98 Å². The number of hydrogen-bond donors (Lipinski definition) is 1. The second-order valence-electron chi connectivity index (χ2n) is 11.5. The summed E-state index contributed by atoms with van der Waals surface area (Å²) in [4.78, 5) is 20.5. The van der Waals surface area contributed by atoms with Gasteiger partial charge in [0.2, 0.25) is 5.89 Å². The van der Waals surface area contributed by atoms with Gasteiger partial charge in [-0.3, -0.25) is 9.78 Å². The van der Waals surface area contributed by atoms with Crippen LogP contribution in [0.1, 0.15) is 59.3 Å². The van der Waals surface area contributed by atoms with Crippen LogP contribution in [0.25, 0.3) is 55.9 Å². The van der Waals surface area contributed by atoms with E-state index in [1.807, 2.05) is 70.2 Å². The minimum Gasteiger partial charge on any atom is -0.512 e. The molecule has 0 spiro atoms. The van der Waals surface area contributed by atoms with E-state index in [0.717, 1.165) is 47.7 Å². The van der Waals surface area contributed by atoms with E-state index >= 15 is 0 Å². The normalized spacial score (nSPS) is 11.9. The van der Waals surface area contributed by atoms with Gasteiger partial charge in [0.15, 0.2) is 5.78 Å². The first-order chi connectivity index (χ1) is 23.6. The second-order valence-corrected chi connectivity index (χ2v) is 11.5. The fourth-order valence-corrected chi connectivity index (χ4v) is 5.56. The molecule has 0 aliphatic carbocycles. The number of aliphatic hydroxyl groups excluding tert-OH is 1. The minimum absolute atomic E-state index is 0. The van der Waals surface area contributed by atoms with Crippen LogP contribution in [-0.2, 0) is 31.1 Å². The predicted octanol–water partition coefficient (Wildman–Crippen LogP) is 10.4. The number of rotatable bonds is 10. The molecule has 1 N–H and O–H groups in total. The third-order valence-electron chi connectivity index (χ3n) is 8.42. The largest absolute Gasteiger partial charge is 0.512 e. The van der Waals surface area contributed by atoms with E-state index in [0.29, 0.717) is 28.0 Å². The fraction of sp³-hybridized carbons (Fsp3) is 0.289. The number of fused-ring (bicyclic) bond motifs is 3. The molecular weight excluding hydrogens is 826 g/mol. The van der Waals surface area contributed by atoms with E-state index in [-0.39, 0.29) is 49.4 Å². The van der Waals surface area contributed by atoms with Crippen LogP contribution in [-0.4, -0.2) is 31.1 Å². The molecule has 50 heavy (non-hydrogen) atoms. The van der Waals surface area contributed by atoms with Gasteiger partial charge in [0, 0.05) is 49.0 Å². The van der Waals surface area contributed by atoms with Crippen LogP contribution in [0.2, 0.25) is 0 Å². The topological polar surface area (TPSA) is 115 Å². The van der Waals surface area contributed by atoms with Gasteiger partial charge in [0.25, 0.3) is 0 Å². The number of nitrogens with zero attached hydrogens (tertiary/aromatic N) is 4. The summed E-state index contributed by atoms with van der Waals surface area (Å²) in [6.45, 7) is 8.07. The van der Waals surface area contributed by atoms with Crippen molar-refractivity contribution < 1.29 is 52.0 Å². The van der Waals surface area contributed by atoms with Gasteiger partial charge in [-0.2, -0.15) is 13.2 Å². The first-order valence-corrected chi connectivity index (χ1v) is 16.2. The van der Waals surface area contributed by atoms with Gasteiger partial charge < -0.3 is 13.9 Å². The van der Waals surface area contributed by atoms with Crippen molar-refractivity contribution in [3.8, 4) is 34.0 Å². The van der Waals surface area contributed by atoms with Crippen molar-refractivity contribution in [2.45, 2.75) is 59.6 Å². The van der Waals surface area contributed by atoms with E-state index in [2.05, 4.69) is 26.2 Å². The number of furan rings is 1. The summed E-state index contributed by atoms with van der Waals surface area (Å²) in [5.41, 5.74) is 4.30. The van der Waals surface area contributed by atoms with Crippen molar-refractivity contribution in [3.05, 3.63) is 96.8 Å². The molecule has 263 valence electrons. The molecular formula is C38H36F3IrN4O4-. The van der Waals surface area contributed by atoms with Crippen LogP contribution in [0.5, 0.6) is 0 Å². The number of carbonyl (C=O) groups is 1. The summed E-state index contributed by atoms with van der Waals surface area (Å²) in [6, 6.07) is 23.3. The molecule has 6 aromatic rings. The Morgan fingerprint density at radius 2 is 1.52 bits per heavy atom. The number of allylic oxidation sites excluding steroid dienone is 2. The zero-order valence-corrected chi connectivity index (χ0v) is 30.3. The number of ketones is 1. The van der Waals surface area contributed by atoms with Gasteiger partial charge in [-0.05, 0) is 49.1 Å². The molecule has 8 nitrogen and oxygen atoms in total. The molecule has 1 radical (unpaired) electrons. The smallest absolute Gasteiger partial charge is 0.470 e. The van der Waals surface area contributed by atoms with Crippen LogP contribution < -0.4 is 0 Å². The van der Waals surface area contributed by atoms with Gasteiger partial charge in [0.1, 0.15) is 11.9 Å². The summed E-state index contributed by atoms with van der Waals surface area (Å²) in [5.74, 6) is -1.10. The van der Waals surface area contributed by atoms with Crippen molar-refractivity contribution in [1.82, 2.24) is 20.2 Å². The molecule has 0 aliphatic rings. The van der Waals surface area contributed by atoms with Crippen molar-refractivity contribution in [1.29, 1.82) is 0 Å². The maximum atomic E-state index is 12.8. The third-order valence-corrected chi connectivity index (χ3v) is 8.42. The van der Waals surface area contributed by atoms with Crippen LogP contribution >= 0.6 is 0 Å². The van der Waals surface area contributed by atoms with Gasteiger partial charge in [0.05, 0.1) is 17.0 Å². The molecule has 0 unspecified atom stereocenters. The molecule has 12 heteroatoms. The number of halogens is 3. The van der Waals surface area contributed by atoms with Gasteiger partial charge >= 0.3 is 12.1 Å². The Morgan fingerprint density at radius 3 is 2.16 bits per heavy atom. The number of benzene rings is 3. The predicted molar refractivity (Wildman–Crippen MR) is 181 cm³/mol. The van der Waals surface area contributed by atoms with E-state index in [4.69, 9.17) is 8.83 Å². The Hall–Kier alpha value is -4.67. The Kier molecular flexibility index (Phi) is 12.8. The average Bonchev–Trinajstić information content (AvgIpc) is 3.76. The summed E-state index contributed by atoms with van der Waals surface area (Å²) < 4.78 is 49.4. The molecule has 3 aromatic carbocycles. The SMILES string of the molecule is CCC(CC)C(=O)/C=C(\O)C(CC)CC.FC(F)(F)c1nnc(-c2ccc3c(c2)oc2c(-c4cc(-c5ccccc5)ncn4)[c-]ccc23)o1.[Ir]. The maximum Gasteiger partial charge on any atom is 0.470 e. The Morgan fingerprint density at radius 1 is 0.840 bits per heavy atom. The number of carbonyl (C=O) groups excluding carboxylic acids is 1. The maximum absolute atomic E-state index is 12.8. The third kappa shape index (κ3) is 8.54. The number of hydrogen-bond acceptors (Lipinski definition) is 8. The molecule has 0 aliphatic heterocycles. The standard InChI is InChI=1S/C25H12F3N4O2.C13H24O2.Ir/c26-25(27,28)24-32-31-23(34-24)15-9-10-16-17-7-4-8-18(22(17)33-21(16)11-15)20-12-19(29-13-30-20)14-5-2-1-3-6-14;1-5-10(6-2)12(14)9-13(15)11(7-3)8-4;/h1-7,9-13H;9-11,14H,5-8H2,1-4H3;/q-1;;/b;12-9-;. The van der Waals surface area contributed by atoms with Crippen LogP contribution in [0, 0.1) is 17.9 Å². The van der Waals surface area contributed by atoms with Crippen LogP contribution in [0.15, 0.2) is 93.7 Å². The van der Waals surface area contributed by atoms with E-state index in [1.165, 1.54) is 12.4 Å². The van der Waals surface area contributed by atoms with Crippen molar-refractivity contribution in [2.75, 3.05) is 0 Å². The molecule has 0 fully saturated rings. The Balaban J connectivity index is 0.000000301. The van der Waals surface area contributed by atoms with Gasteiger partial charge in [-0.1, -0.05) is 81.1 Å².